The van der Waals surface area contributed by atoms with E-state index in [9.17, 15) is 4.79 Å². The molecule has 0 bridgehead atoms. The van der Waals surface area contributed by atoms with Crippen LogP contribution in [0.15, 0.2) is 23.0 Å². The van der Waals surface area contributed by atoms with Gasteiger partial charge in [-0.2, -0.15) is 0 Å². The van der Waals surface area contributed by atoms with E-state index in [1.165, 1.54) is 0 Å². The second kappa shape index (κ2) is 3.60. The summed E-state index contributed by atoms with van der Waals surface area (Å²) in [6, 6.07) is 5.39. The monoisotopic (exact) mass is 230 g/mol. The van der Waals surface area contributed by atoms with Crippen molar-refractivity contribution in [2.75, 3.05) is 6.54 Å². The van der Waals surface area contributed by atoms with Gasteiger partial charge in [0.2, 0.25) is 5.56 Å². The summed E-state index contributed by atoms with van der Waals surface area (Å²) < 4.78 is 5.76. The van der Waals surface area contributed by atoms with Crippen molar-refractivity contribution in [3.8, 4) is 5.75 Å². The van der Waals surface area contributed by atoms with E-state index >= 15 is 0 Å². The molecule has 2 heterocycles. The number of H-pyrrole nitrogens is 1. The van der Waals surface area contributed by atoms with E-state index in [1.54, 1.807) is 6.07 Å². The molecule has 0 radical (unpaired) electrons. The molecule has 0 fully saturated rings. The van der Waals surface area contributed by atoms with Crippen molar-refractivity contribution < 1.29 is 4.74 Å². The third kappa shape index (κ3) is 1.52. The van der Waals surface area contributed by atoms with Gasteiger partial charge >= 0.3 is 0 Å². The molecule has 1 unspecified atom stereocenters. The Morgan fingerprint density at radius 3 is 3.12 bits per heavy atom. The van der Waals surface area contributed by atoms with Crippen LogP contribution in [0.2, 0.25) is 0 Å². The fourth-order valence-corrected chi connectivity index (χ4v) is 2.42. The van der Waals surface area contributed by atoms with Crippen LogP contribution in [0, 0.1) is 6.92 Å². The Bertz CT molecular complexity index is 646. The molecule has 0 saturated heterocycles. The molecule has 4 heteroatoms. The summed E-state index contributed by atoms with van der Waals surface area (Å²) in [4.78, 5) is 14.2. The number of aromatic amines is 1. The second-order valence-electron chi connectivity index (χ2n) is 4.46. The van der Waals surface area contributed by atoms with Crippen LogP contribution in [-0.4, -0.2) is 17.6 Å². The third-order valence-electron chi connectivity index (χ3n) is 3.27. The summed E-state index contributed by atoms with van der Waals surface area (Å²) in [5.74, 6) is 0.900. The van der Waals surface area contributed by atoms with Gasteiger partial charge < -0.3 is 15.5 Å². The van der Waals surface area contributed by atoms with Gasteiger partial charge in [-0.25, -0.2) is 0 Å². The molecule has 1 atom stereocenters. The highest BCUT2D eigenvalue weighted by atomic mass is 16.5. The molecule has 0 saturated carbocycles. The number of nitrogens with two attached hydrogens (primary N) is 1. The second-order valence-corrected chi connectivity index (χ2v) is 4.46. The Hall–Kier alpha value is -1.81. The SMILES string of the molecule is Cc1cc2c(c3ccc(=O)[nH]c13)CC(CN)O2. The summed E-state index contributed by atoms with van der Waals surface area (Å²) in [6.45, 7) is 2.48. The molecular formula is C13H14N2O2. The molecule has 0 spiro atoms. The number of pyridine rings is 1. The zero-order chi connectivity index (χ0) is 12.0. The van der Waals surface area contributed by atoms with Crippen LogP contribution in [0.3, 0.4) is 0 Å². The van der Waals surface area contributed by atoms with Gasteiger partial charge in [0.25, 0.3) is 0 Å². The fourth-order valence-electron chi connectivity index (χ4n) is 2.42. The first-order valence-corrected chi connectivity index (χ1v) is 5.71. The highest BCUT2D eigenvalue weighted by Crippen LogP contribution is 2.35. The standard InChI is InChI=1S/C13H14N2O2/c1-7-4-11-10(5-8(6-14)17-11)9-2-3-12(16)15-13(7)9/h2-4,8H,5-6,14H2,1H3,(H,15,16). The van der Waals surface area contributed by atoms with Crippen LogP contribution in [0.5, 0.6) is 5.75 Å². The van der Waals surface area contributed by atoms with E-state index in [0.29, 0.717) is 6.54 Å². The lowest BCUT2D eigenvalue weighted by Crippen LogP contribution is -2.24. The predicted octanol–water partition coefficient (Wildman–Crippen LogP) is 1.10. The van der Waals surface area contributed by atoms with Gasteiger partial charge in [-0.15, -0.1) is 0 Å². The summed E-state index contributed by atoms with van der Waals surface area (Å²) in [5.41, 5.74) is 8.64. The van der Waals surface area contributed by atoms with Crippen molar-refractivity contribution in [1.82, 2.24) is 4.98 Å². The molecule has 0 aliphatic carbocycles. The molecule has 3 N–H and O–H groups in total. The minimum Gasteiger partial charge on any atom is -0.488 e. The third-order valence-corrected chi connectivity index (χ3v) is 3.27. The molecule has 2 aromatic rings. The molecule has 1 aliphatic heterocycles. The maximum absolute atomic E-state index is 11.3. The molecule has 1 aliphatic rings. The van der Waals surface area contributed by atoms with Gasteiger partial charge in [-0.05, 0) is 24.6 Å². The van der Waals surface area contributed by atoms with Crippen LogP contribution in [0.4, 0.5) is 0 Å². The normalized spacial score (nSPS) is 18.1. The molecule has 3 rings (SSSR count). The van der Waals surface area contributed by atoms with E-state index in [0.717, 1.165) is 34.2 Å². The lowest BCUT2D eigenvalue weighted by molar-refractivity contribution is 0.241. The van der Waals surface area contributed by atoms with Crippen LogP contribution >= 0.6 is 0 Å². The van der Waals surface area contributed by atoms with Crippen molar-refractivity contribution >= 4 is 10.9 Å². The molecule has 17 heavy (non-hydrogen) atoms. The van der Waals surface area contributed by atoms with Crippen molar-refractivity contribution in [1.29, 1.82) is 0 Å². The first kappa shape index (κ1) is 10.4. The van der Waals surface area contributed by atoms with E-state index in [2.05, 4.69) is 4.98 Å². The number of nitrogens with one attached hydrogen (secondary N) is 1. The highest BCUT2D eigenvalue weighted by Gasteiger charge is 2.24. The van der Waals surface area contributed by atoms with Crippen LogP contribution in [-0.2, 0) is 6.42 Å². The Morgan fingerprint density at radius 1 is 1.53 bits per heavy atom. The number of aromatic nitrogens is 1. The summed E-state index contributed by atoms with van der Waals surface area (Å²) in [6.07, 6.45) is 0.871. The molecular weight excluding hydrogens is 216 g/mol. The van der Waals surface area contributed by atoms with E-state index in [1.807, 2.05) is 19.1 Å². The minimum atomic E-state index is -0.0742. The fraction of sp³-hybridized carbons (Fsp3) is 0.308. The Morgan fingerprint density at radius 2 is 2.35 bits per heavy atom. The predicted molar refractivity (Wildman–Crippen MR) is 66.5 cm³/mol. The number of hydrogen-bond donors (Lipinski definition) is 2. The van der Waals surface area contributed by atoms with Gasteiger partial charge in [-0.3, -0.25) is 4.79 Å². The van der Waals surface area contributed by atoms with Gasteiger partial charge in [0.15, 0.2) is 0 Å². The average molecular weight is 230 g/mol. The minimum absolute atomic E-state index is 0.0573. The smallest absolute Gasteiger partial charge is 0.248 e. The van der Waals surface area contributed by atoms with Crippen molar-refractivity contribution in [3.63, 3.8) is 0 Å². The van der Waals surface area contributed by atoms with Crippen molar-refractivity contribution in [2.24, 2.45) is 5.73 Å². The van der Waals surface area contributed by atoms with E-state index < -0.39 is 0 Å². The number of ether oxygens (including phenoxy) is 1. The van der Waals surface area contributed by atoms with E-state index in [-0.39, 0.29) is 11.7 Å². The quantitative estimate of drug-likeness (QED) is 0.770. The summed E-state index contributed by atoms with van der Waals surface area (Å²) in [7, 11) is 0. The number of hydrogen-bond acceptors (Lipinski definition) is 3. The Labute approximate surface area is 98.4 Å². The molecule has 88 valence electrons. The zero-order valence-electron chi connectivity index (χ0n) is 9.62. The van der Waals surface area contributed by atoms with Crippen molar-refractivity contribution in [3.05, 3.63) is 39.7 Å². The topological polar surface area (TPSA) is 68.1 Å². The van der Waals surface area contributed by atoms with Gasteiger partial charge in [0.05, 0.1) is 5.52 Å². The molecule has 4 nitrogen and oxygen atoms in total. The summed E-state index contributed by atoms with van der Waals surface area (Å²) >= 11 is 0. The summed E-state index contributed by atoms with van der Waals surface area (Å²) in [5, 5.41) is 1.07. The van der Waals surface area contributed by atoms with Crippen LogP contribution in [0.25, 0.3) is 10.9 Å². The lowest BCUT2D eigenvalue weighted by atomic mass is 10.0. The lowest BCUT2D eigenvalue weighted by Gasteiger charge is -2.07. The molecule has 1 aromatic heterocycles. The maximum Gasteiger partial charge on any atom is 0.248 e. The van der Waals surface area contributed by atoms with Gasteiger partial charge in [0.1, 0.15) is 11.9 Å². The Balaban J connectivity index is 2.30. The van der Waals surface area contributed by atoms with Crippen molar-refractivity contribution in [2.45, 2.75) is 19.4 Å². The molecule has 0 amide bonds. The number of aryl methyl sites for hydroxylation is 1. The van der Waals surface area contributed by atoms with Gasteiger partial charge in [0, 0.05) is 30.0 Å². The number of benzene rings is 1. The first-order valence-electron chi connectivity index (χ1n) is 5.71. The largest absolute Gasteiger partial charge is 0.488 e. The van der Waals surface area contributed by atoms with Crippen LogP contribution < -0.4 is 16.0 Å². The maximum atomic E-state index is 11.3. The van der Waals surface area contributed by atoms with E-state index in [4.69, 9.17) is 10.5 Å². The number of fused-ring (bicyclic) bond motifs is 3. The van der Waals surface area contributed by atoms with Gasteiger partial charge in [-0.1, -0.05) is 0 Å². The van der Waals surface area contributed by atoms with Crippen LogP contribution in [0.1, 0.15) is 11.1 Å². The zero-order valence-corrected chi connectivity index (χ0v) is 9.62. The first-order chi connectivity index (χ1) is 8.19. The Kier molecular flexibility index (Phi) is 2.19. The molecule has 1 aromatic carbocycles. The highest BCUT2D eigenvalue weighted by molar-refractivity contribution is 5.87. The average Bonchev–Trinajstić information content (AvgIpc) is 2.72. The number of rotatable bonds is 1.